The lowest BCUT2D eigenvalue weighted by Crippen LogP contribution is -2.38. The molecular weight excluding hydrogens is 294 g/mol. The standard InChI is InChI=1S/C14H18BrNO2/c1-4-16-11-7-10(8-14(2,3)15)5-6-12(11)18-9-13(16)17/h5-7H,4,8-9H2,1-3H3. The minimum absolute atomic E-state index is 0.0280. The van der Waals surface area contributed by atoms with Crippen LogP contribution in [0.2, 0.25) is 0 Å². The van der Waals surface area contributed by atoms with Crippen molar-refractivity contribution < 1.29 is 9.53 Å². The molecule has 0 aromatic heterocycles. The lowest BCUT2D eigenvalue weighted by Gasteiger charge is -2.29. The van der Waals surface area contributed by atoms with Crippen molar-refractivity contribution >= 4 is 27.5 Å². The van der Waals surface area contributed by atoms with Crippen LogP contribution in [0.4, 0.5) is 5.69 Å². The number of benzene rings is 1. The summed E-state index contributed by atoms with van der Waals surface area (Å²) in [5.41, 5.74) is 2.09. The van der Waals surface area contributed by atoms with Crippen LogP contribution in [0.3, 0.4) is 0 Å². The molecule has 1 amide bonds. The van der Waals surface area contributed by atoms with E-state index in [4.69, 9.17) is 4.74 Å². The van der Waals surface area contributed by atoms with Crippen LogP contribution in [0.15, 0.2) is 18.2 Å². The summed E-state index contributed by atoms with van der Waals surface area (Å²) < 4.78 is 5.50. The maximum absolute atomic E-state index is 11.8. The van der Waals surface area contributed by atoms with Crippen LogP contribution < -0.4 is 9.64 Å². The van der Waals surface area contributed by atoms with E-state index in [2.05, 4.69) is 41.9 Å². The Morgan fingerprint density at radius 3 is 2.78 bits per heavy atom. The van der Waals surface area contributed by atoms with Crippen LogP contribution in [-0.4, -0.2) is 23.4 Å². The van der Waals surface area contributed by atoms with Crippen molar-refractivity contribution in [1.29, 1.82) is 0 Å². The molecule has 1 aromatic rings. The van der Waals surface area contributed by atoms with Gasteiger partial charge in [-0.2, -0.15) is 0 Å². The summed E-state index contributed by atoms with van der Waals surface area (Å²) in [7, 11) is 0. The molecule has 0 spiro atoms. The number of likely N-dealkylation sites (N-methyl/N-ethyl adjacent to an activating group) is 1. The van der Waals surface area contributed by atoms with Gasteiger partial charge in [-0.15, -0.1) is 0 Å². The van der Waals surface area contributed by atoms with Crippen molar-refractivity contribution in [2.24, 2.45) is 0 Å². The van der Waals surface area contributed by atoms with Crippen LogP contribution in [0.5, 0.6) is 5.75 Å². The molecule has 98 valence electrons. The third-order valence-corrected chi connectivity index (χ3v) is 3.19. The highest BCUT2D eigenvalue weighted by molar-refractivity contribution is 9.10. The molecule has 1 aliphatic heterocycles. The van der Waals surface area contributed by atoms with E-state index in [9.17, 15) is 4.79 Å². The topological polar surface area (TPSA) is 29.5 Å². The molecule has 0 fully saturated rings. The molecule has 0 saturated heterocycles. The van der Waals surface area contributed by atoms with E-state index in [-0.39, 0.29) is 16.8 Å². The number of fused-ring (bicyclic) bond motifs is 1. The Kier molecular flexibility index (Phi) is 3.66. The third kappa shape index (κ3) is 2.86. The second kappa shape index (κ2) is 4.92. The predicted octanol–water partition coefficient (Wildman–Crippen LogP) is 3.15. The van der Waals surface area contributed by atoms with Crippen molar-refractivity contribution in [2.75, 3.05) is 18.1 Å². The summed E-state index contributed by atoms with van der Waals surface area (Å²) in [5.74, 6) is 0.827. The van der Waals surface area contributed by atoms with E-state index in [1.165, 1.54) is 5.56 Å². The average molecular weight is 312 g/mol. The maximum atomic E-state index is 11.8. The van der Waals surface area contributed by atoms with E-state index < -0.39 is 0 Å². The monoisotopic (exact) mass is 311 g/mol. The second-order valence-corrected chi connectivity index (χ2v) is 7.27. The van der Waals surface area contributed by atoms with Gasteiger partial charge in [0, 0.05) is 10.9 Å². The van der Waals surface area contributed by atoms with Gasteiger partial charge in [0.25, 0.3) is 5.91 Å². The fourth-order valence-corrected chi connectivity index (χ4v) is 2.51. The number of hydrogen-bond donors (Lipinski definition) is 0. The maximum Gasteiger partial charge on any atom is 0.265 e. The first-order valence-electron chi connectivity index (χ1n) is 6.16. The van der Waals surface area contributed by atoms with Gasteiger partial charge in [-0.1, -0.05) is 22.0 Å². The van der Waals surface area contributed by atoms with Crippen molar-refractivity contribution in [2.45, 2.75) is 31.5 Å². The summed E-state index contributed by atoms with van der Waals surface area (Å²) in [6, 6.07) is 6.07. The van der Waals surface area contributed by atoms with Crippen molar-refractivity contribution in [3.63, 3.8) is 0 Å². The smallest absolute Gasteiger partial charge is 0.265 e. The number of anilines is 1. The van der Waals surface area contributed by atoms with Crippen LogP contribution in [0, 0.1) is 0 Å². The summed E-state index contributed by atoms with van der Waals surface area (Å²) in [6.07, 6.45) is 0.909. The Labute approximate surface area is 116 Å². The molecule has 0 bridgehead atoms. The normalized spacial score (nSPS) is 15.3. The van der Waals surface area contributed by atoms with Gasteiger partial charge in [-0.05, 0) is 44.9 Å². The van der Waals surface area contributed by atoms with Gasteiger partial charge < -0.3 is 9.64 Å². The highest BCUT2D eigenvalue weighted by Gasteiger charge is 2.25. The summed E-state index contributed by atoms with van der Waals surface area (Å²) in [4.78, 5) is 13.6. The molecule has 2 rings (SSSR count). The van der Waals surface area contributed by atoms with E-state index in [1.807, 2.05) is 13.0 Å². The highest BCUT2D eigenvalue weighted by Crippen LogP contribution is 2.34. The first kappa shape index (κ1) is 13.4. The number of hydrogen-bond acceptors (Lipinski definition) is 2. The molecule has 1 heterocycles. The molecule has 0 saturated carbocycles. The molecule has 1 aliphatic rings. The molecule has 3 nitrogen and oxygen atoms in total. The Hall–Kier alpha value is -1.03. The molecular formula is C14H18BrNO2. The van der Waals surface area contributed by atoms with Crippen molar-refractivity contribution in [3.05, 3.63) is 23.8 Å². The molecule has 0 N–H and O–H groups in total. The minimum atomic E-state index is 0.0280. The third-order valence-electron chi connectivity index (χ3n) is 2.91. The molecule has 0 unspecified atom stereocenters. The zero-order chi connectivity index (χ0) is 13.3. The lowest BCUT2D eigenvalue weighted by atomic mass is 10.0. The lowest BCUT2D eigenvalue weighted by molar-refractivity contribution is -0.121. The van der Waals surface area contributed by atoms with Crippen LogP contribution in [0.1, 0.15) is 26.3 Å². The number of carbonyl (C=O) groups is 1. The quantitative estimate of drug-likeness (QED) is 0.803. The molecule has 0 atom stereocenters. The summed E-state index contributed by atoms with van der Waals surface area (Å²) in [5, 5.41) is 0. The Morgan fingerprint density at radius 1 is 1.44 bits per heavy atom. The van der Waals surface area contributed by atoms with Gasteiger partial charge in [-0.3, -0.25) is 4.79 Å². The largest absolute Gasteiger partial charge is 0.482 e. The van der Waals surface area contributed by atoms with Crippen molar-refractivity contribution in [3.8, 4) is 5.75 Å². The van der Waals surface area contributed by atoms with Crippen LogP contribution in [0.25, 0.3) is 0 Å². The zero-order valence-electron chi connectivity index (χ0n) is 11.0. The van der Waals surface area contributed by atoms with E-state index >= 15 is 0 Å². The number of ether oxygens (including phenoxy) is 1. The summed E-state index contributed by atoms with van der Waals surface area (Å²) in [6.45, 7) is 7.06. The van der Waals surface area contributed by atoms with Crippen LogP contribution in [-0.2, 0) is 11.2 Å². The molecule has 1 aromatic carbocycles. The van der Waals surface area contributed by atoms with E-state index in [0.717, 1.165) is 17.9 Å². The van der Waals surface area contributed by atoms with Gasteiger partial charge in [0.2, 0.25) is 0 Å². The molecule has 0 aliphatic carbocycles. The molecule has 4 heteroatoms. The number of carbonyl (C=O) groups excluding carboxylic acids is 1. The highest BCUT2D eigenvalue weighted by atomic mass is 79.9. The van der Waals surface area contributed by atoms with Crippen LogP contribution >= 0.6 is 15.9 Å². The van der Waals surface area contributed by atoms with Gasteiger partial charge in [0.1, 0.15) is 5.75 Å². The van der Waals surface area contributed by atoms with Gasteiger partial charge in [0.15, 0.2) is 6.61 Å². The number of rotatable bonds is 3. The van der Waals surface area contributed by atoms with Crippen molar-refractivity contribution in [1.82, 2.24) is 0 Å². The fraction of sp³-hybridized carbons (Fsp3) is 0.500. The summed E-state index contributed by atoms with van der Waals surface area (Å²) >= 11 is 3.64. The Bertz CT molecular complexity index is 465. The minimum Gasteiger partial charge on any atom is -0.482 e. The number of nitrogens with zero attached hydrogens (tertiary/aromatic N) is 1. The molecule has 18 heavy (non-hydrogen) atoms. The van der Waals surface area contributed by atoms with Gasteiger partial charge in [0.05, 0.1) is 5.69 Å². The predicted molar refractivity (Wildman–Crippen MR) is 76.7 cm³/mol. The SMILES string of the molecule is CCN1C(=O)COc2ccc(CC(C)(C)Br)cc21. The Balaban J connectivity index is 2.35. The van der Waals surface area contributed by atoms with E-state index in [1.54, 1.807) is 4.90 Å². The van der Waals surface area contributed by atoms with E-state index in [0.29, 0.717) is 6.54 Å². The average Bonchev–Trinajstić information content (AvgIpc) is 2.26. The molecule has 0 radical (unpaired) electrons. The fourth-order valence-electron chi connectivity index (χ4n) is 2.19. The first-order chi connectivity index (χ1) is 8.40. The zero-order valence-corrected chi connectivity index (χ0v) is 12.6. The Morgan fingerprint density at radius 2 is 2.17 bits per heavy atom. The van der Waals surface area contributed by atoms with Gasteiger partial charge in [-0.25, -0.2) is 0 Å². The second-order valence-electron chi connectivity index (χ2n) is 5.12. The van der Waals surface area contributed by atoms with Gasteiger partial charge >= 0.3 is 0 Å². The number of halogens is 1. The number of alkyl halides is 1. The number of amides is 1. The first-order valence-corrected chi connectivity index (χ1v) is 6.95.